The molecule has 3 rings (SSSR count). The highest BCUT2D eigenvalue weighted by Gasteiger charge is 2.31. The zero-order chi connectivity index (χ0) is 14.8. The van der Waals surface area contributed by atoms with Crippen molar-refractivity contribution in [1.82, 2.24) is 4.90 Å². The molecule has 3 nitrogen and oxygen atoms in total. The van der Waals surface area contributed by atoms with Crippen LogP contribution in [0.25, 0.3) is 0 Å². The molecule has 1 fully saturated rings. The molecule has 1 saturated heterocycles. The Balaban J connectivity index is 1.91. The lowest BCUT2D eigenvalue weighted by atomic mass is 10.0. The third-order valence-electron chi connectivity index (χ3n) is 3.94. The van der Waals surface area contributed by atoms with E-state index >= 15 is 0 Å². The van der Waals surface area contributed by atoms with Crippen LogP contribution in [0.1, 0.15) is 34.8 Å². The molecule has 0 aliphatic carbocycles. The van der Waals surface area contributed by atoms with Crippen LogP contribution in [0.3, 0.4) is 0 Å². The number of anilines is 1. The molecule has 1 aliphatic rings. The fraction of sp³-hybridized carbons (Fsp3) is 0.235. The van der Waals surface area contributed by atoms with Gasteiger partial charge in [-0.2, -0.15) is 0 Å². The predicted molar refractivity (Wildman–Crippen MR) is 88.0 cm³/mol. The van der Waals surface area contributed by atoms with Crippen LogP contribution in [0, 0.1) is 0 Å². The van der Waals surface area contributed by atoms with Crippen molar-refractivity contribution in [2.45, 2.75) is 18.9 Å². The van der Waals surface area contributed by atoms with E-state index in [0.717, 1.165) is 23.9 Å². The molecule has 0 spiro atoms. The summed E-state index contributed by atoms with van der Waals surface area (Å²) >= 11 is 3.50. The molecule has 1 unspecified atom stereocenters. The molecule has 0 aromatic heterocycles. The number of hydrogen-bond donors (Lipinski definition) is 1. The van der Waals surface area contributed by atoms with E-state index in [1.807, 2.05) is 29.2 Å². The second-order valence-corrected chi connectivity index (χ2v) is 6.21. The van der Waals surface area contributed by atoms with Gasteiger partial charge in [0.1, 0.15) is 0 Å². The summed E-state index contributed by atoms with van der Waals surface area (Å²) < 4.78 is 1.04. The van der Waals surface area contributed by atoms with Gasteiger partial charge in [-0.1, -0.05) is 40.2 Å². The minimum atomic E-state index is 0.0237. The Labute approximate surface area is 132 Å². The third-order valence-corrected chi connectivity index (χ3v) is 4.43. The largest absolute Gasteiger partial charge is 0.398 e. The van der Waals surface area contributed by atoms with Crippen molar-refractivity contribution in [1.29, 1.82) is 0 Å². The Morgan fingerprint density at radius 1 is 1.19 bits per heavy atom. The first-order valence-electron chi connectivity index (χ1n) is 7.08. The molecule has 2 aromatic rings. The number of carbonyl (C=O) groups excluding carboxylic acids is 1. The van der Waals surface area contributed by atoms with E-state index in [4.69, 9.17) is 5.73 Å². The average Bonchev–Trinajstić information content (AvgIpc) is 2.96. The highest BCUT2D eigenvalue weighted by atomic mass is 79.9. The standard InChI is InChI=1S/C17H17BrN2O/c18-13-6-3-5-12(11-13)16-9-4-10-20(16)17(21)14-7-1-2-8-15(14)19/h1-3,5-8,11,16H,4,9-10,19H2. The van der Waals surface area contributed by atoms with Gasteiger partial charge in [0, 0.05) is 16.7 Å². The Kier molecular flexibility index (Phi) is 3.97. The fourth-order valence-corrected chi connectivity index (χ4v) is 3.33. The smallest absolute Gasteiger partial charge is 0.256 e. The van der Waals surface area contributed by atoms with Gasteiger partial charge in [0.05, 0.1) is 11.6 Å². The van der Waals surface area contributed by atoms with E-state index in [1.165, 1.54) is 5.56 Å². The number of amides is 1. The summed E-state index contributed by atoms with van der Waals surface area (Å²) in [5.74, 6) is 0.0237. The number of halogens is 1. The van der Waals surface area contributed by atoms with Crippen molar-refractivity contribution in [2.24, 2.45) is 0 Å². The Morgan fingerprint density at radius 2 is 2.00 bits per heavy atom. The van der Waals surface area contributed by atoms with Crippen LogP contribution in [0.5, 0.6) is 0 Å². The van der Waals surface area contributed by atoms with Gasteiger partial charge in [0.15, 0.2) is 0 Å². The second kappa shape index (κ2) is 5.90. The molecule has 2 aromatic carbocycles. The van der Waals surface area contributed by atoms with Crippen LogP contribution >= 0.6 is 15.9 Å². The van der Waals surface area contributed by atoms with Crippen LogP contribution in [-0.4, -0.2) is 17.4 Å². The number of nitrogens with two attached hydrogens (primary N) is 1. The summed E-state index contributed by atoms with van der Waals surface area (Å²) in [7, 11) is 0. The summed E-state index contributed by atoms with van der Waals surface area (Å²) in [6.07, 6.45) is 2.02. The number of rotatable bonds is 2. The normalized spacial score (nSPS) is 18.0. The summed E-state index contributed by atoms with van der Waals surface area (Å²) in [5, 5.41) is 0. The SMILES string of the molecule is Nc1ccccc1C(=O)N1CCCC1c1cccc(Br)c1. The topological polar surface area (TPSA) is 46.3 Å². The van der Waals surface area contributed by atoms with Gasteiger partial charge in [-0.15, -0.1) is 0 Å². The highest BCUT2D eigenvalue weighted by Crippen LogP contribution is 2.34. The van der Waals surface area contributed by atoms with Crippen LogP contribution in [0.4, 0.5) is 5.69 Å². The second-order valence-electron chi connectivity index (χ2n) is 5.30. The summed E-state index contributed by atoms with van der Waals surface area (Å²) in [6.45, 7) is 0.782. The molecule has 1 atom stereocenters. The van der Waals surface area contributed by atoms with Crippen LogP contribution in [0.2, 0.25) is 0 Å². The molecule has 2 N–H and O–H groups in total. The summed E-state index contributed by atoms with van der Waals surface area (Å²) in [4.78, 5) is 14.7. The van der Waals surface area contributed by atoms with Crippen LogP contribution in [0.15, 0.2) is 53.0 Å². The molecular formula is C17H17BrN2O. The third kappa shape index (κ3) is 2.81. The van der Waals surface area contributed by atoms with Crippen molar-refractivity contribution in [3.8, 4) is 0 Å². The molecular weight excluding hydrogens is 328 g/mol. The van der Waals surface area contributed by atoms with Gasteiger partial charge in [-0.3, -0.25) is 4.79 Å². The number of carbonyl (C=O) groups is 1. The monoisotopic (exact) mass is 344 g/mol. The first-order valence-corrected chi connectivity index (χ1v) is 7.87. The maximum Gasteiger partial charge on any atom is 0.256 e. The Morgan fingerprint density at radius 3 is 2.76 bits per heavy atom. The summed E-state index contributed by atoms with van der Waals surface area (Å²) in [5.41, 5.74) is 8.25. The van der Waals surface area contributed by atoms with Crippen molar-refractivity contribution < 1.29 is 4.79 Å². The van der Waals surface area contributed by atoms with Crippen molar-refractivity contribution in [3.63, 3.8) is 0 Å². The zero-order valence-electron chi connectivity index (χ0n) is 11.6. The van der Waals surface area contributed by atoms with E-state index in [0.29, 0.717) is 11.3 Å². The minimum Gasteiger partial charge on any atom is -0.398 e. The van der Waals surface area contributed by atoms with Gasteiger partial charge < -0.3 is 10.6 Å². The molecule has 0 bridgehead atoms. The molecule has 1 amide bonds. The Hall–Kier alpha value is -1.81. The number of benzene rings is 2. The number of hydrogen-bond acceptors (Lipinski definition) is 2. The predicted octanol–water partition coefficient (Wildman–Crippen LogP) is 4.01. The number of nitrogens with zero attached hydrogens (tertiary/aromatic N) is 1. The molecule has 1 aliphatic heterocycles. The maximum atomic E-state index is 12.8. The lowest BCUT2D eigenvalue weighted by molar-refractivity contribution is 0.0736. The quantitative estimate of drug-likeness (QED) is 0.836. The lowest BCUT2D eigenvalue weighted by Gasteiger charge is -2.26. The van der Waals surface area contributed by atoms with Crippen LogP contribution < -0.4 is 5.73 Å². The molecule has 0 saturated carbocycles. The molecule has 1 heterocycles. The first kappa shape index (κ1) is 14.1. The summed E-state index contributed by atoms with van der Waals surface area (Å²) in [6, 6.07) is 15.6. The average molecular weight is 345 g/mol. The van der Waals surface area contributed by atoms with Gasteiger partial charge >= 0.3 is 0 Å². The molecule has 21 heavy (non-hydrogen) atoms. The first-order chi connectivity index (χ1) is 10.2. The van der Waals surface area contributed by atoms with E-state index < -0.39 is 0 Å². The van der Waals surface area contributed by atoms with Gasteiger partial charge in [0.25, 0.3) is 5.91 Å². The van der Waals surface area contributed by atoms with Crippen molar-refractivity contribution >= 4 is 27.5 Å². The van der Waals surface area contributed by atoms with Gasteiger partial charge in [-0.05, 0) is 42.7 Å². The highest BCUT2D eigenvalue weighted by molar-refractivity contribution is 9.10. The zero-order valence-corrected chi connectivity index (χ0v) is 13.2. The van der Waals surface area contributed by atoms with Crippen molar-refractivity contribution in [2.75, 3.05) is 12.3 Å². The number of para-hydroxylation sites is 1. The van der Waals surface area contributed by atoms with Crippen molar-refractivity contribution in [3.05, 3.63) is 64.1 Å². The van der Waals surface area contributed by atoms with Gasteiger partial charge in [-0.25, -0.2) is 0 Å². The number of nitrogen functional groups attached to an aromatic ring is 1. The number of likely N-dealkylation sites (tertiary alicyclic amines) is 1. The van der Waals surface area contributed by atoms with Crippen LogP contribution in [-0.2, 0) is 0 Å². The molecule has 0 radical (unpaired) electrons. The van der Waals surface area contributed by atoms with E-state index in [2.05, 4.69) is 28.1 Å². The minimum absolute atomic E-state index is 0.0237. The van der Waals surface area contributed by atoms with E-state index in [9.17, 15) is 4.79 Å². The lowest BCUT2D eigenvalue weighted by Crippen LogP contribution is -2.31. The van der Waals surface area contributed by atoms with Gasteiger partial charge in [0.2, 0.25) is 0 Å². The van der Waals surface area contributed by atoms with E-state index in [-0.39, 0.29) is 11.9 Å². The fourth-order valence-electron chi connectivity index (χ4n) is 2.92. The Bertz CT molecular complexity index is 671. The molecule has 4 heteroatoms. The molecule has 108 valence electrons. The van der Waals surface area contributed by atoms with E-state index in [1.54, 1.807) is 12.1 Å². The maximum absolute atomic E-state index is 12.8.